The third-order valence-corrected chi connectivity index (χ3v) is 6.09. The van der Waals surface area contributed by atoms with Crippen molar-refractivity contribution in [1.82, 2.24) is 4.90 Å². The zero-order valence-corrected chi connectivity index (χ0v) is 19.1. The van der Waals surface area contributed by atoms with Crippen LogP contribution in [0.25, 0.3) is 0 Å². The van der Waals surface area contributed by atoms with Crippen LogP contribution in [-0.4, -0.2) is 34.0 Å². The maximum Gasteiger partial charge on any atom is 0.323 e. The summed E-state index contributed by atoms with van der Waals surface area (Å²) < 4.78 is 33.6. The van der Waals surface area contributed by atoms with E-state index in [0.717, 1.165) is 16.5 Å². The Morgan fingerprint density at radius 3 is 2.56 bits per heavy atom. The van der Waals surface area contributed by atoms with Gasteiger partial charge in [-0.05, 0) is 60.0 Å². The second-order valence-corrected chi connectivity index (χ2v) is 9.02. The van der Waals surface area contributed by atoms with Gasteiger partial charge in [-0.3, -0.25) is 9.59 Å². The van der Waals surface area contributed by atoms with E-state index in [4.69, 9.17) is 16.3 Å². The van der Waals surface area contributed by atoms with Gasteiger partial charge in [0.05, 0.1) is 0 Å². The first-order chi connectivity index (χ1) is 16.1. The summed E-state index contributed by atoms with van der Waals surface area (Å²) in [7, 11) is 0. The van der Waals surface area contributed by atoms with Crippen molar-refractivity contribution in [3.05, 3.63) is 99.6 Å². The van der Waals surface area contributed by atoms with Crippen LogP contribution in [0.2, 0.25) is 5.02 Å². The molecule has 8 heteroatoms. The summed E-state index contributed by atoms with van der Waals surface area (Å²) in [5.41, 5.74) is 1.35. The van der Waals surface area contributed by atoms with Gasteiger partial charge in [-0.2, -0.15) is 0 Å². The standard InChI is InChI=1S/C26H22ClF2NO4/c1-26(12-17-4-2-3-5-22(17)29)13-19-10-16(7-9-23(19)34-26)25(33)30(15-24(31)32)14-18-6-8-20(28)11-21(18)27/h2-11H,12-15H2,1H3,(H,31,32). The van der Waals surface area contributed by atoms with Gasteiger partial charge in [0.2, 0.25) is 0 Å². The Labute approximate surface area is 200 Å². The maximum atomic E-state index is 14.2. The molecule has 3 aromatic rings. The minimum Gasteiger partial charge on any atom is -0.487 e. The number of nitrogens with zero attached hydrogens (tertiary/aromatic N) is 1. The van der Waals surface area contributed by atoms with Gasteiger partial charge in [0.15, 0.2) is 0 Å². The third-order valence-electron chi connectivity index (χ3n) is 5.74. The Balaban J connectivity index is 1.55. The first-order valence-corrected chi connectivity index (χ1v) is 11.0. The molecule has 0 bridgehead atoms. The molecule has 0 aromatic heterocycles. The molecule has 0 saturated heterocycles. The molecule has 34 heavy (non-hydrogen) atoms. The van der Waals surface area contributed by atoms with E-state index in [1.54, 1.807) is 36.4 Å². The number of hydrogen-bond donors (Lipinski definition) is 1. The van der Waals surface area contributed by atoms with Gasteiger partial charge >= 0.3 is 5.97 Å². The van der Waals surface area contributed by atoms with E-state index in [1.807, 2.05) is 6.92 Å². The highest BCUT2D eigenvalue weighted by Crippen LogP contribution is 2.38. The van der Waals surface area contributed by atoms with E-state index in [1.165, 1.54) is 18.2 Å². The van der Waals surface area contributed by atoms with Gasteiger partial charge in [0.1, 0.15) is 29.5 Å². The lowest BCUT2D eigenvalue weighted by molar-refractivity contribution is -0.137. The number of hydrogen-bond acceptors (Lipinski definition) is 3. The minimum atomic E-state index is -1.19. The molecule has 1 heterocycles. The predicted molar refractivity (Wildman–Crippen MR) is 123 cm³/mol. The molecule has 4 rings (SSSR count). The summed E-state index contributed by atoms with van der Waals surface area (Å²) in [6, 6.07) is 15.2. The van der Waals surface area contributed by atoms with Gasteiger partial charge in [0, 0.05) is 30.0 Å². The molecule has 0 fully saturated rings. The molecular formula is C26H22ClF2NO4. The molecule has 0 spiro atoms. The van der Waals surface area contributed by atoms with Crippen molar-refractivity contribution in [2.24, 2.45) is 0 Å². The van der Waals surface area contributed by atoms with Crippen LogP contribution < -0.4 is 4.74 Å². The van der Waals surface area contributed by atoms with Crippen molar-refractivity contribution in [2.45, 2.75) is 31.9 Å². The number of carboxylic acids is 1. The Hall–Kier alpha value is -3.45. The van der Waals surface area contributed by atoms with Gasteiger partial charge < -0.3 is 14.7 Å². The number of carboxylic acid groups (broad SMARTS) is 1. The summed E-state index contributed by atoms with van der Waals surface area (Å²) >= 11 is 6.08. The molecule has 1 unspecified atom stereocenters. The molecule has 1 N–H and O–H groups in total. The quantitative estimate of drug-likeness (QED) is 0.494. The normalized spacial score (nSPS) is 16.6. The molecule has 0 radical (unpaired) electrons. The van der Waals surface area contributed by atoms with E-state index in [0.29, 0.717) is 29.7 Å². The van der Waals surface area contributed by atoms with Crippen LogP contribution in [0.3, 0.4) is 0 Å². The number of rotatable bonds is 7. The van der Waals surface area contributed by atoms with Crippen LogP contribution in [0.4, 0.5) is 8.78 Å². The van der Waals surface area contributed by atoms with Crippen molar-refractivity contribution in [2.75, 3.05) is 6.54 Å². The largest absolute Gasteiger partial charge is 0.487 e. The topological polar surface area (TPSA) is 66.8 Å². The smallest absolute Gasteiger partial charge is 0.323 e. The molecule has 1 atom stereocenters. The summed E-state index contributed by atoms with van der Waals surface area (Å²) in [6.45, 7) is 1.24. The number of amides is 1. The number of halogens is 3. The number of fused-ring (bicyclic) bond motifs is 1. The van der Waals surface area contributed by atoms with Crippen molar-refractivity contribution in [3.8, 4) is 5.75 Å². The Morgan fingerprint density at radius 1 is 1.09 bits per heavy atom. The van der Waals surface area contributed by atoms with Crippen LogP contribution in [0, 0.1) is 11.6 Å². The molecule has 1 aliphatic heterocycles. The summed E-state index contributed by atoms with van der Waals surface area (Å²) in [4.78, 5) is 25.8. The maximum absolute atomic E-state index is 14.2. The van der Waals surface area contributed by atoms with Crippen molar-refractivity contribution in [3.63, 3.8) is 0 Å². The average Bonchev–Trinajstić information content (AvgIpc) is 3.11. The number of carbonyl (C=O) groups excluding carboxylic acids is 1. The Morgan fingerprint density at radius 2 is 1.85 bits per heavy atom. The fourth-order valence-corrected chi connectivity index (χ4v) is 4.43. The molecule has 0 aliphatic carbocycles. The van der Waals surface area contributed by atoms with Gasteiger partial charge in [-0.15, -0.1) is 0 Å². The highest BCUT2D eigenvalue weighted by Gasteiger charge is 2.36. The van der Waals surface area contributed by atoms with E-state index in [-0.39, 0.29) is 22.9 Å². The number of benzene rings is 3. The van der Waals surface area contributed by atoms with Crippen LogP contribution >= 0.6 is 11.6 Å². The fraction of sp³-hybridized carbons (Fsp3) is 0.231. The first kappa shape index (κ1) is 23.7. The van der Waals surface area contributed by atoms with Crippen LogP contribution in [-0.2, 0) is 24.2 Å². The summed E-state index contributed by atoms with van der Waals surface area (Å²) in [5.74, 6) is -1.92. The zero-order valence-electron chi connectivity index (χ0n) is 18.4. The van der Waals surface area contributed by atoms with Crippen LogP contribution in [0.1, 0.15) is 34.0 Å². The molecule has 1 aliphatic rings. The lowest BCUT2D eigenvalue weighted by Gasteiger charge is -2.24. The lowest BCUT2D eigenvalue weighted by Crippen LogP contribution is -2.35. The second kappa shape index (κ2) is 9.43. The monoisotopic (exact) mass is 485 g/mol. The van der Waals surface area contributed by atoms with Gasteiger partial charge in [0.25, 0.3) is 5.91 Å². The van der Waals surface area contributed by atoms with E-state index >= 15 is 0 Å². The predicted octanol–water partition coefficient (Wildman–Crippen LogP) is 5.28. The second-order valence-electron chi connectivity index (χ2n) is 8.61. The van der Waals surface area contributed by atoms with Gasteiger partial charge in [-0.25, -0.2) is 8.78 Å². The zero-order chi connectivity index (χ0) is 24.5. The van der Waals surface area contributed by atoms with Gasteiger partial charge in [-0.1, -0.05) is 35.9 Å². The Bertz CT molecular complexity index is 1270. The molecular weight excluding hydrogens is 464 g/mol. The molecule has 1 amide bonds. The molecule has 5 nitrogen and oxygen atoms in total. The van der Waals surface area contributed by atoms with Crippen LogP contribution in [0.15, 0.2) is 60.7 Å². The fourth-order valence-electron chi connectivity index (χ4n) is 4.20. The van der Waals surface area contributed by atoms with E-state index < -0.39 is 29.8 Å². The number of ether oxygens (including phenoxy) is 1. The van der Waals surface area contributed by atoms with Crippen LogP contribution in [0.5, 0.6) is 5.75 Å². The van der Waals surface area contributed by atoms with Crippen molar-refractivity contribution >= 4 is 23.5 Å². The molecule has 0 saturated carbocycles. The highest BCUT2D eigenvalue weighted by atomic mass is 35.5. The van der Waals surface area contributed by atoms with E-state index in [9.17, 15) is 23.5 Å². The third kappa shape index (κ3) is 5.20. The highest BCUT2D eigenvalue weighted by molar-refractivity contribution is 6.31. The number of carbonyl (C=O) groups is 2. The lowest BCUT2D eigenvalue weighted by atomic mass is 9.91. The summed E-state index contributed by atoms with van der Waals surface area (Å²) in [5, 5.41) is 9.43. The average molecular weight is 486 g/mol. The Kier molecular flexibility index (Phi) is 6.57. The van der Waals surface area contributed by atoms with Crippen molar-refractivity contribution in [1.29, 1.82) is 0 Å². The first-order valence-electron chi connectivity index (χ1n) is 10.6. The number of aliphatic carboxylic acids is 1. The summed E-state index contributed by atoms with van der Waals surface area (Å²) in [6.07, 6.45) is 0.812. The van der Waals surface area contributed by atoms with Crippen molar-refractivity contribution < 1.29 is 28.2 Å². The minimum absolute atomic E-state index is 0.0944. The molecule has 176 valence electrons. The molecule has 3 aromatic carbocycles. The SMILES string of the molecule is CC1(Cc2ccccc2F)Cc2cc(C(=O)N(CC(=O)O)Cc3ccc(F)cc3Cl)ccc2O1. The van der Waals surface area contributed by atoms with E-state index in [2.05, 4.69) is 0 Å².